The van der Waals surface area contributed by atoms with Gasteiger partial charge in [0.05, 0.1) is 11.7 Å². The highest BCUT2D eigenvalue weighted by atomic mass is 15.3. The normalized spacial score (nSPS) is 25.4. The van der Waals surface area contributed by atoms with Crippen LogP contribution in [0, 0.1) is 11.8 Å². The lowest BCUT2D eigenvalue weighted by Gasteiger charge is -2.34. The van der Waals surface area contributed by atoms with Gasteiger partial charge >= 0.3 is 0 Å². The fourth-order valence-electron chi connectivity index (χ4n) is 3.64. The Kier molecular flexibility index (Phi) is 5.44. The average molecular weight is 263 g/mol. The van der Waals surface area contributed by atoms with Gasteiger partial charge in [0, 0.05) is 12.7 Å². The lowest BCUT2D eigenvalue weighted by atomic mass is 9.76. The largest absolute Gasteiger partial charge is 0.311 e. The van der Waals surface area contributed by atoms with Crippen molar-refractivity contribution in [2.45, 2.75) is 65.0 Å². The molecule has 1 aromatic rings. The van der Waals surface area contributed by atoms with Gasteiger partial charge in [-0.05, 0) is 44.2 Å². The van der Waals surface area contributed by atoms with E-state index in [1.807, 2.05) is 6.20 Å². The summed E-state index contributed by atoms with van der Waals surface area (Å²) in [4.78, 5) is 0. The van der Waals surface area contributed by atoms with Crippen molar-refractivity contribution in [3.8, 4) is 0 Å². The molecule has 3 nitrogen and oxygen atoms in total. The van der Waals surface area contributed by atoms with Gasteiger partial charge in [0.1, 0.15) is 0 Å². The molecule has 0 bridgehead atoms. The molecular weight excluding hydrogens is 234 g/mol. The van der Waals surface area contributed by atoms with Crippen molar-refractivity contribution in [2.75, 3.05) is 7.05 Å². The molecule has 108 valence electrons. The van der Waals surface area contributed by atoms with Crippen LogP contribution in [0.3, 0.4) is 0 Å². The number of hydrogen-bond acceptors (Lipinski definition) is 2. The van der Waals surface area contributed by atoms with Crippen LogP contribution < -0.4 is 5.32 Å². The number of nitrogens with zero attached hydrogens (tertiary/aromatic N) is 2. The van der Waals surface area contributed by atoms with E-state index >= 15 is 0 Å². The van der Waals surface area contributed by atoms with Gasteiger partial charge in [-0.25, -0.2) is 0 Å². The Bertz CT molecular complexity index is 372. The Morgan fingerprint density at radius 3 is 2.95 bits per heavy atom. The van der Waals surface area contributed by atoms with Gasteiger partial charge in [-0.1, -0.05) is 33.1 Å². The first-order valence-electron chi connectivity index (χ1n) is 7.99. The van der Waals surface area contributed by atoms with Gasteiger partial charge in [0.2, 0.25) is 0 Å². The summed E-state index contributed by atoms with van der Waals surface area (Å²) in [6.45, 7) is 5.58. The van der Waals surface area contributed by atoms with E-state index < -0.39 is 0 Å². The van der Waals surface area contributed by atoms with Gasteiger partial charge in [-0.3, -0.25) is 4.68 Å². The van der Waals surface area contributed by atoms with Gasteiger partial charge in [-0.15, -0.1) is 0 Å². The maximum Gasteiger partial charge on any atom is 0.0556 e. The summed E-state index contributed by atoms with van der Waals surface area (Å²) in [6.07, 6.45) is 9.99. The van der Waals surface area contributed by atoms with Crippen LogP contribution >= 0.6 is 0 Å². The van der Waals surface area contributed by atoms with Gasteiger partial charge in [-0.2, -0.15) is 5.10 Å². The molecule has 1 aromatic heterocycles. The highest BCUT2D eigenvalue weighted by Crippen LogP contribution is 2.38. The summed E-state index contributed by atoms with van der Waals surface area (Å²) in [6, 6.07) is 2.68. The quantitative estimate of drug-likeness (QED) is 0.846. The molecule has 0 aromatic carbocycles. The number of aryl methyl sites for hydroxylation is 1. The van der Waals surface area contributed by atoms with Crippen LogP contribution in [0.2, 0.25) is 0 Å². The van der Waals surface area contributed by atoms with Crippen LogP contribution in [0.4, 0.5) is 0 Å². The van der Waals surface area contributed by atoms with E-state index in [0.717, 1.165) is 24.8 Å². The van der Waals surface area contributed by atoms with E-state index in [9.17, 15) is 0 Å². The van der Waals surface area contributed by atoms with E-state index in [2.05, 4.69) is 42.1 Å². The minimum atomic E-state index is 0.475. The molecular formula is C16H29N3. The molecule has 3 unspecified atom stereocenters. The van der Waals surface area contributed by atoms with Gasteiger partial charge in [0.15, 0.2) is 0 Å². The minimum Gasteiger partial charge on any atom is -0.311 e. The Morgan fingerprint density at radius 2 is 2.26 bits per heavy atom. The molecule has 0 radical (unpaired) electrons. The molecule has 2 rings (SSSR count). The summed E-state index contributed by atoms with van der Waals surface area (Å²) < 4.78 is 2.19. The molecule has 1 heterocycles. The molecule has 3 heteroatoms. The molecule has 0 aliphatic heterocycles. The predicted octanol–water partition coefficient (Wildman–Crippen LogP) is 3.77. The van der Waals surface area contributed by atoms with Crippen molar-refractivity contribution >= 4 is 0 Å². The zero-order valence-corrected chi connectivity index (χ0v) is 12.7. The summed E-state index contributed by atoms with van der Waals surface area (Å²) >= 11 is 0. The second-order valence-corrected chi connectivity index (χ2v) is 5.95. The second kappa shape index (κ2) is 7.09. The van der Waals surface area contributed by atoms with E-state index in [1.54, 1.807) is 0 Å². The van der Waals surface area contributed by atoms with Crippen molar-refractivity contribution in [3.05, 3.63) is 18.0 Å². The number of nitrogens with one attached hydrogen (secondary N) is 1. The van der Waals surface area contributed by atoms with Crippen LogP contribution in [-0.4, -0.2) is 16.8 Å². The average Bonchev–Trinajstić information content (AvgIpc) is 2.89. The van der Waals surface area contributed by atoms with Crippen LogP contribution in [0.5, 0.6) is 0 Å². The van der Waals surface area contributed by atoms with Crippen molar-refractivity contribution in [3.63, 3.8) is 0 Å². The first-order valence-corrected chi connectivity index (χ1v) is 7.99. The van der Waals surface area contributed by atoms with E-state index in [0.29, 0.717) is 6.04 Å². The molecule has 0 saturated heterocycles. The van der Waals surface area contributed by atoms with Gasteiger partial charge in [0.25, 0.3) is 0 Å². The predicted molar refractivity (Wildman–Crippen MR) is 80.1 cm³/mol. The van der Waals surface area contributed by atoms with Crippen LogP contribution in [0.25, 0.3) is 0 Å². The van der Waals surface area contributed by atoms with E-state index in [-0.39, 0.29) is 0 Å². The highest BCUT2D eigenvalue weighted by molar-refractivity contribution is 5.09. The first kappa shape index (κ1) is 14.6. The number of rotatable bonds is 6. The summed E-state index contributed by atoms with van der Waals surface area (Å²) in [5, 5.41) is 8.04. The first-order chi connectivity index (χ1) is 9.30. The zero-order chi connectivity index (χ0) is 13.7. The standard InChI is InChI=1S/C16H29N3/c1-4-11-19-15(9-10-18-19)16(17-3)14-8-6-7-13(5-2)12-14/h9-10,13-14,16-17H,4-8,11-12H2,1-3H3. The Balaban J connectivity index is 2.12. The molecule has 1 aliphatic rings. The molecule has 1 N–H and O–H groups in total. The lowest BCUT2D eigenvalue weighted by Crippen LogP contribution is -2.31. The Hall–Kier alpha value is -0.830. The van der Waals surface area contributed by atoms with Crippen molar-refractivity contribution in [2.24, 2.45) is 11.8 Å². The molecule has 19 heavy (non-hydrogen) atoms. The smallest absolute Gasteiger partial charge is 0.0556 e. The summed E-state index contributed by atoms with van der Waals surface area (Å²) in [5.74, 6) is 1.70. The highest BCUT2D eigenvalue weighted by Gasteiger charge is 2.29. The molecule has 3 atom stereocenters. The van der Waals surface area contributed by atoms with Crippen LogP contribution in [0.1, 0.15) is 64.1 Å². The lowest BCUT2D eigenvalue weighted by molar-refractivity contribution is 0.208. The molecule has 0 amide bonds. The Labute approximate surface area is 117 Å². The molecule has 0 spiro atoms. The summed E-state index contributed by atoms with van der Waals surface area (Å²) in [7, 11) is 2.10. The number of aromatic nitrogens is 2. The monoisotopic (exact) mass is 263 g/mol. The minimum absolute atomic E-state index is 0.475. The Morgan fingerprint density at radius 1 is 1.42 bits per heavy atom. The fraction of sp³-hybridized carbons (Fsp3) is 0.812. The van der Waals surface area contributed by atoms with E-state index in [1.165, 1.54) is 37.8 Å². The zero-order valence-electron chi connectivity index (χ0n) is 12.7. The maximum absolute atomic E-state index is 4.49. The van der Waals surface area contributed by atoms with Gasteiger partial charge < -0.3 is 5.32 Å². The van der Waals surface area contributed by atoms with Crippen molar-refractivity contribution in [1.29, 1.82) is 0 Å². The van der Waals surface area contributed by atoms with Crippen LogP contribution in [-0.2, 0) is 6.54 Å². The second-order valence-electron chi connectivity index (χ2n) is 5.95. The third kappa shape index (κ3) is 3.38. The van der Waals surface area contributed by atoms with Crippen molar-refractivity contribution in [1.82, 2.24) is 15.1 Å². The molecule has 1 aliphatic carbocycles. The van der Waals surface area contributed by atoms with Crippen molar-refractivity contribution < 1.29 is 0 Å². The van der Waals surface area contributed by atoms with Crippen LogP contribution in [0.15, 0.2) is 12.3 Å². The molecule has 1 fully saturated rings. The maximum atomic E-state index is 4.49. The third-order valence-electron chi connectivity index (χ3n) is 4.69. The number of hydrogen-bond donors (Lipinski definition) is 1. The van der Waals surface area contributed by atoms with E-state index in [4.69, 9.17) is 0 Å². The summed E-state index contributed by atoms with van der Waals surface area (Å²) in [5.41, 5.74) is 1.38. The SMILES string of the molecule is CCCn1nccc1C(NC)C1CCCC(CC)C1. The third-order valence-corrected chi connectivity index (χ3v) is 4.69. The topological polar surface area (TPSA) is 29.9 Å². The fourth-order valence-corrected chi connectivity index (χ4v) is 3.64. The molecule has 1 saturated carbocycles.